The first-order valence-electron chi connectivity index (χ1n) is 6.43. The molecule has 1 rings (SSSR count). The summed E-state index contributed by atoms with van der Waals surface area (Å²) >= 11 is 3.57. The Morgan fingerprint density at radius 2 is 2.00 bits per heavy atom. The van der Waals surface area contributed by atoms with E-state index in [4.69, 9.17) is 9.47 Å². The predicted molar refractivity (Wildman–Crippen MR) is 82.1 cm³/mol. The van der Waals surface area contributed by atoms with Crippen LogP contribution < -0.4 is 14.8 Å². The molecule has 0 aromatic heterocycles. The molecule has 1 aromatic rings. The van der Waals surface area contributed by atoms with Crippen LogP contribution in [0.15, 0.2) is 16.6 Å². The molecular formula is C14H23BrN2O2. The van der Waals surface area contributed by atoms with Crippen molar-refractivity contribution in [2.45, 2.75) is 13.5 Å². The topological polar surface area (TPSA) is 33.7 Å². The number of benzene rings is 1. The first-order valence-corrected chi connectivity index (χ1v) is 7.22. The summed E-state index contributed by atoms with van der Waals surface area (Å²) in [5, 5.41) is 3.41. The molecule has 0 aliphatic carbocycles. The number of nitrogens with one attached hydrogen (secondary N) is 1. The minimum absolute atomic E-state index is 0.630. The molecule has 0 aliphatic rings. The second kappa shape index (κ2) is 8.40. The van der Waals surface area contributed by atoms with Gasteiger partial charge in [-0.1, -0.05) is 15.9 Å². The Kier molecular flexibility index (Phi) is 7.20. The highest BCUT2D eigenvalue weighted by Gasteiger charge is 2.09. The van der Waals surface area contributed by atoms with Crippen LogP contribution in [0.5, 0.6) is 11.5 Å². The van der Waals surface area contributed by atoms with Crippen LogP contribution in [0, 0.1) is 0 Å². The van der Waals surface area contributed by atoms with Crippen LogP contribution in [-0.4, -0.2) is 45.8 Å². The van der Waals surface area contributed by atoms with Gasteiger partial charge in [0.05, 0.1) is 13.7 Å². The molecule has 0 saturated heterocycles. The highest BCUT2D eigenvalue weighted by atomic mass is 79.9. The number of likely N-dealkylation sites (N-methyl/N-ethyl adjacent to an activating group) is 1. The third-order valence-electron chi connectivity index (χ3n) is 2.68. The van der Waals surface area contributed by atoms with Crippen molar-refractivity contribution in [2.24, 2.45) is 0 Å². The fraction of sp³-hybridized carbons (Fsp3) is 0.571. The highest BCUT2D eigenvalue weighted by molar-refractivity contribution is 9.10. The van der Waals surface area contributed by atoms with Crippen molar-refractivity contribution in [3.8, 4) is 11.5 Å². The highest BCUT2D eigenvalue weighted by Crippen LogP contribution is 2.33. The van der Waals surface area contributed by atoms with E-state index >= 15 is 0 Å². The summed E-state index contributed by atoms with van der Waals surface area (Å²) < 4.78 is 11.9. The molecule has 1 aromatic carbocycles. The first-order chi connectivity index (χ1) is 9.08. The molecular weight excluding hydrogens is 308 g/mol. The third kappa shape index (κ3) is 5.38. The second-order valence-electron chi connectivity index (χ2n) is 4.51. The lowest BCUT2D eigenvalue weighted by Crippen LogP contribution is -2.26. The summed E-state index contributed by atoms with van der Waals surface area (Å²) in [4.78, 5) is 2.15. The van der Waals surface area contributed by atoms with Crippen molar-refractivity contribution < 1.29 is 9.47 Å². The van der Waals surface area contributed by atoms with Gasteiger partial charge in [0, 0.05) is 24.1 Å². The number of methoxy groups -OCH3 is 1. The van der Waals surface area contributed by atoms with Crippen molar-refractivity contribution in [3.63, 3.8) is 0 Å². The summed E-state index contributed by atoms with van der Waals surface area (Å²) in [6.07, 6.45) is 0. The standard InChI is InChI=1S/C14H23BrN2O2/c1-5-19-14-8-11(10-16-6-7-17(2)3)12(15)9-13(14)18-4/h8-9,16H,5-7,10H2,1-4H3. The van der Waals surface area contributed by atoms with Crippen molar-refractivity contribution >= 4 is 15.9 Å². The van der Waals surface area contributed by atoms with Crippen LogP contribution in [0.4, 0.5) is 0 Å². The molecule has 0 amide bonds. The van der Waals surface area contributed by atoms with Gasteiger partial charge in [-0.15, -0.1) is 0 Å². The van der Waals surface area contributed by atoms with Crippen LogP contribution in [-0.2, 0) is 6.54 Å². The number of rotatable bonds is 8. The molecule has 1 N–H and O–H groups in total. The van der Waals surface area contributed by atoms with E-state index in [-0.39, 0.29) is 0 Å². The lowest BCUT2D eigenvalue weighted by molar-refractivity contribution is 0.310. The second-order valence-corrected chi connectivity index (χ2v) is 5.36. The van der Waals surface area contributed by atoms with E-state index in [1.807, 2.05) is 19.1 Å². The zero-order valence-electron chi connectivity index (χ0n) is 12.1. The maximum Gasteiger partial charge on any atom is 0.161 e. The fourth-order valence-corrected chi connectivity index (χ4v) is 2.13. The Balaban J connectivity index is 2.69. The van der Waals surface area contributed by atoms with E-state index < -0.39 is 0 Å². The van der Waals surface area contributed by atoms with E-state index in [2.05, 4.69) is 40.2 Å². The summed E-state index contributed by atoms with van der Waals surface area (Å²) in [5.74, 6) is 1.54. The van der Waals surface area contributed by atoms with Gasteiger partial charge in [0.1, 0.15) is 0 Å². The molecule has 0 bridgehead atoms. The van der Waals surface area contributed by atoms with Crippen LogP contribution in [0.3, 0.4) is 0 Å². The van der Waals surface area contributed by atoms with Gasteiger partial charge in [-0.05, 0) is 38.7 Å². The molecule has 0 saturated carbocycles. The normalized spacial score (nSPS) is 10.8. The smallest absolute Gasteiger partial charge is 0.161 e. The largest absolute Gasteiger partial charge is 0.493 e. The first kappa shape index (κ1) is 16.3. The van der Waals surface area contributed by atoms with Gasteiger partial charge < -0.3 is 19.7 Å². The minimum atomic E-state index is 0.630. The quantitative estimate of drug-likeness (QED) is 0.742. The van der Waals surface area contributed by atoms with Gasteiger partial charge in [0.15, 0.2) is 11.5 Å². The molecule has 108 valence electrons. The molecule has 19 heavy (non-hydrogen) atoms. The molecule has 0 radical (unpaired) electrons. The summed E-state index contributed by atoms with van der Waals surface area (Å²) in [5.41, 5.74) is 1.17. The zero-order chi connectivity index (χ0) is 14.3. The van der Waals surface area contributed by atoms with E-state index in [9.17, 15) is 0 Å². The number of hydrogen-bond donors (Lipinski definition) is 1. The van der Waals surface area contributed by atoms with Crippen LogP contribution >= 0.6 is 15.9 Å². The summed E-state index contributed by atoms with van der Waals surface area (Å²) in [7, 11) is 5.79. The van der Waals surface area contributed by atoms with E-state index in [0.717, 1.165) is 35.6 Å². The van der Waals surface area contributed by atoms with Gasteiger partial charge in [-0.2, -0.15) is 0 Å². The maximum absolute atomic E-state index is 5.59. The van der Waals surface area contributed by atoms with Crippen molar-refractivity contribution in [3.05, 3.63) is 22.2 Å². The average Bonchev–Trinajstić information content (AvgIpc) is 2.37. The van der Waals surface area contributed by atoms with Crippen LogP contribution in [0.25, 0.3) is 0 Å². The van der Waals surface area contributed by atoms with Gasteiger partial charge in [0.2, 0.25) is 0 Å². The Bertz CT molecular complexity index is 397. The van der Waals surface area contributed by atoms with Crippen LogP contribution in [0.1, 0.15) is 12.5 Å². The van der Waals surface area contributed by atoms with Crippen molar-refractivity contribution in [2.75, 3.05) is 40.9 Å². The van der Waals surface area contributed by atoms with E-state index in [1.165, 1.54) is 5.56 Å². The Morgan fingerprint density at radius 1 is 1.26 bits per heavy atom. The molecule has 0 aliphatic heterocycles. The number of nitrogens with zero attached hydrogens (tertiary/aromatic N) is 1. The molecule has 0 heterocycles. The van der Waals surface area contributed by atoms with E-state index in [0.29, 0.717) is 6.61 Å². The summed E-state index contributed by atoms with van der Waals surface area (Å²) in [6.45, 7) is 5.38. The fourth-order valence-electron chi connectivity index (χ4n) is 1.67. The van der Waals surface area contributed by atoms with Crippen LogP contribution in [0.2, 0.25) is 0 Å². The zero-order valence-corrected chi connectivity index (χ0v) is 13.7. The molecule has 0 fully saturated rings. The average molecular weight is 331 g/mol. The minimum Gasteiger partial charge on any atom is -0.493 e. The third-order valence-corrected chi connectivity index (χ3v) is 3.42. The van der Waals surface area contributed by atoms with Gasteiger partial charge in [-0.25, -0.2) is 0 Å². The number of halogens is 1. The molecule has 4 nitrogen and oxygen atoms in total. The van der Waals surface area contributed by atoms with Gasteiger partial charge in [0.25, 0.3) is 0 Å². The van der Waals surface area contributed by atoms with Crippen molar-refractivity contribution in [1.82, 2.24) is 10.2 Å². The van der Waals surface area contributed by atoms with Gasteiger partial charge >= 0.3 is 0 Å². The molecule has 0 atom stereocenters. The molecule has 0 unspecified atom stereocenters. The van der Waals surface area contributed by atoms with E-state index in [1.54, 1.807) is 7.11 Å². The Labute approximate surface area is 124 Å². The maximum atomic E-state index is 5.59. The van der Waals surface area contributed by atoms with Gasteiger partial charge in [-0.3, -0.25) is 0 Å². The monoisotopic (exact) mass is 330 g/mol. The Hall–Kier alpha value is -0.780. The SMILES string of the molecule is CCOc1cc(CNCCN(C)C)c(Br)cc1OC. The van der Waals surface area contributed by atoms with Crippen molar-refractivity contribution in [1.29, 1.82) is 0 Å². The Morgan fingerprint density at radius 3 is 2.58 bits per heavy atom. The number of ether oxygens (including phenoxy) is 2. The molecule has 5 heteroatoms. The lowest BCUT2D eigenvalue weighted by atomic mass is 10.2. The lowest BCUT2D eigenvalue weighted by Gasteiger charge is -2.14. The number of hydrogen-bond acceptors (Lipinski definition) is 4. The predicted octanol–water partition coefficient (Wildman–Crippen LogP) is 2.51. The summed E-state index contributed by atoms with van der Waals surface area (Å²) in [6, 6.07) is 3.98. The molecule has 0 spiro atoms.